The van der Waals surface area contributed by atoms with E-state index < -0.39 is 9.84 Å². The highest BCUT2D eigenvalue weighted by atomic mass is 32.2. The van der Waals surface area contributed by atoms with Gasteiger partial charge in [0.2, 0.25) is 0 Å². The number of nitrogens with two attached hydrogens (primary N) is 1. The molecule has 0 aliphatic carbocycles. The number of sulfone groups is 1. The van der Waals surface area contributed by atoms with Gasteiger partial charge in [-0.25, -0.2) is 8.42 Å². The van der Waals surface area contributed by atoms with Gasteiger partial charge in [-0.05, 0) is 32.4 Å². The number of hydrogen-bond donors (Lipinski definition) is 2. The Labute approximate surface area is 110 Å². The summed E-state index contributed by atoms with van der Waals surface area (Å²) in [5, 5.41) is 3.22. The molecular formula is C13H22N2O2S. The molecule has 0 radical (unpaired) electrons. The molecular weight excluding hydrogens is 248 g/mol. The molecule has 0 aromatic heterocycles. The molecule has 0 saturated heterocycles. The van der Waals surface area contributed by atoms with Crippen LogP contribution in [-0.4, -0.2) is 26.3 Å². The lowest BCUT2D eigenvalue weighted by Crippen LogP contribution is -2.26. The maximum Gasteiger partial charge on any atom is 0.180 e. The molecule has 0 saturated carbocycles. The quantitative estimate of drug-likeness (QED) is 0.829. The van der Waals surface area contributed by atoms with Crippen LogP contribution in [0, 0.1) is 0 Å². The van der Waals surface area contributed by atoms with Crippen molar-refractivity contribution in [3.05, 3.63) is 24.3 Å². The van der Waals surface area contributed by atoms with E-state index in [4.69, 9.17) is 5.73 Å². The van der Waals surface area contributed by atoms with Crippen LogP contribution in [0.2, 0.25) is 0 Å². The molecule has 1 aromatic rings. The average Bonchev–Trinajstić information content (AvgIpc) is 2.28. The largest absolute Gasteiger partial charge is 0.381 e. The first kappa shape index (κ1) is 15.0. The smallest absolute Gasteiger partial charge is 0.180 e. The Morgan fingerprint density at radius 2 is 1.89 bits per heavy atom. The SMILES string of the molecule is CCS(=O)(=O)c1ccccc1NC(C)CC(C)N. The van der Waals surface area contributed by atoms with Crippen molar-refractivity contribution in [1.29, 1.82) is 0 Å². The number of anilines is 1. The van der Waals surface area contributed by atoms with Gasteiger partial charge in [0.25, 0.3) is 0 Å². The van der Waals surface area contributed by atoms with Crippen molar-refractivity contribution in [3.63, 3.8) is 0 Å². The van der Waals surface area contributed by atoms with Gasteiger partial charge in [-0.15, -0.1) is 0 Å². The van der Waals surface area contributed by atoms with Crippen molar-refractivity contribution in [2.75, 3.05) is 11.1 Å². The highest BCUT2D eigenvalue weighted by Crippen LogP contribution is 2.23. The van der Waals surface area contributed by atoms with Crippen molar-refractivity contribution in [3.8, 4) is 0 Å². The van der Waals surface area contributed by atoms with Gasteiger partial charge in [0.05, 0.1) is 16.3 Å². The van der Waals surface area contributed by atoms with E-state index in [1.165, 1.54) is 0 Å². The standard InChI is InChI=1S/C13H22N2O2S/c1-4-18(16,17)13-8-6-5-7-12(13)15-11(3)9-10(2)14/h5-8,10-11,15H,4,9,14H2,1-3H3. The molecule has 0 heterocycles. The molecule has 0 aliphatic heterocycles. The molecule has 0 amide bonds. The van der Waals surface area contributed by atoms with Crippen LogP contribution >= 0.6 is 0 Å². The van der Waals surface area contributed by atoms with E-state index in [0.29, 0.717) is 10.6 Å². The summed E-state index contributed by atoms with van der Waals surface area (Å²) in [6, 6.07) is 7.22. The first-order valence-electron chi connectivity index (χ1n) is 6.20. The Balaban J connectivity index is 2.97. The highest BCUT2D eigenvalue weighted by Gasteiger charge is 2.17. The lowest BCUT2D eigenvalue weighted by Gasteiger charge is -2.19. The molecule has 0 spiro atoms. The maximum absolute atomic E-state index is 12.0. The van der Waals surface area contributed by atoms with Gasteiger partial charge in [0.1, 0.15) is 0 Å². The normalized spacial score (nSPS) is 15.1. The van der Waals surface area contributed by atoms with Crippen LogP contribution in [-0.2, 0) is 9.84 Å². The third kappa shape index (κ3) is 3.99. The summed E-state index contributed by atoms with van der Waals surface area (Å²) in [6.45, 7) is 5.59. The summed E-state index contributed by atoms with van der Waals surface area (Å²) in [5.74, 6) is 0.105. The van der Waals surface area contributed by atoms with E-state index in [2.05, 4.69) is 5.32 Å². The summed E-state index contributed by atoms with van der Waals surface area (Å²) in [4.78, 5) is 0.365. The molecule has 18 heavy (non-hydrogen) atoms. The molecule has 3 N–H and O–H groups in total. The summed E-state index contributed by atoms with van der Waals surface area (Å²) in [5.41, 5.74) is 6.40. The third-order valence-electron chi connectivity index (χ3n) is 2.73. The molecule has 2 atom stereocenters. The molecule has 2 unspecified atom stereocenters. The zero-order valence-corrected chi connectivity index (χ0v) is 12.0. The van der Waals surface area contributed by atoms with Gasteiger partial charge in [0, 0.05) is 12.1 Å². The van der Waals surface area contributed by atoms with Crippen molar-refractivity contribution in [2.45, 2.75) is 44.2 Å². The Bertz CT molecular complexity index is 484. The fraction of sp³-hybridized carbons (Fsp3) is 0.538. The molecule has 4 nitrogen and oxygen atoms in total. The van der Waals surface area contributed by atoms with Crippen molar-refractivity contribution in [1.82, 2.24) is 0 Å². The number of nitrogens with one attached hydrogen (secondary N) is 1. The number of para-hydroxylation sites is 1. The third-order valence-corrected chi connectivity index (χ3v) is 4.52. The second-order valence-electron chi connectivity index (χ2n) is 4.66. The second kappa shape index (κ2) is 6.20. The van der Waals surface area contributed by atoms with Crippen molar-refractivity contribution >= 4 is 15.5 Å². The lowest BCUT2D eigenvalue weighted by molar-refractivity contribution is 0.594. The van der Waals surface area contributed by atoms with E-state index in [-0.39, 0.29) is 17.8 Å². The van der Waals surface area contributed by atoms with Gasteiger partial charge in [-0.2, -0.15) is 0 Å². The molecule has 1 rings (SSSR count). The predicted molar refractivity (Wildman–Crippen MR) is 75.5 cm³/mol. The molecule has 0 fully saturated rings. The van der Waals surface area contributed by atoms with E-state index in [9.17, 15) is 8.42 Å². The summed E-state index contributed by atoms with van der Waals surface area (Å²) in [6.07, 6.45) is 0.792. The Kier molecular flexibility index (Phi) is 5.16. The van der Waals surface area contributed by atoms with Crippen LogP contribution in [0.25, 0.3) is 0 Å². The fourth-order valence-corrected chi connectivity index (χ4v) is 2.95. The van der Waals surface area contributed by atoms with E-state index >= 15 is 0 Å². The summed E-state index contributed by atoms with van der Waals surface area (Å²) < 4.78 is 23.9. The van der Waals surface area contributed by atoms with E-state index in [0.717, 1.165) is 6.42 Å². The van der Waals surface area contributed by atoms with Crippen molar-refractivity contribution in [2.24, 2.45) is 5.73 Å². The number of benzene rings is 1. The van der Waals surface area contributed by atoms with Gasteiger partial charge in [0.15, 0.2) is 9.84 Å². The Morgan fingerprint density at radius 3 is 2.44 bits per heavy atom. The summed E-state index contributed by atoms with van der Waals surface area (Å²) >= 11 is 0. The fourth-order valence-electron chi connectivity index (χ4n) is 1.89. The van der Waals surface area contributed by atoms with Crippen LogP contribution in [0.4, 0.5) is 5.69 Å². The van der Waals surface area contributed by atoms with Gasteiger partial charge in [-0.1, -0.05) is 19.1 Å². The molecule has 5 heteroatoms. The van der Waals surface area contributed by atoms with Crippen LogP contribution in [0.5, 0.6) is 0 Å². The van der Waals surface area contributed by atoms with E-state index in [1.54, 1.807) is 25.1 Å². The zero-order valence-electron chi connectivity index (χ0n) is 11.2. The summed E-state index contributed by atoms with van der Waals surface area (Å²) in [7, 11) is -3.20. The average molecular weight is 270 g/mol. The Morgan fingerprint density at radius 1 is 1.28 bits per heavy atom. The maximum atomic E-state index is 12.0. The number of hydrogen-bond acceptors (Lipinski definition) is 4. The van der Waals surface area contributed by atoms with Gasteiger partial charge >= 0.3 is 0 Å². The van der Waals surface area contributed by atoms with Gasteiger partial charge < -0.3 is 11.1 Å². The minimum absolute atomic E-state index is 0.0856. The second-order valence-corrected chi connectivity index (χ2v) is 6.90. The molecule has 0 aliphatic rings. The highest BCUT2D eigenvalue weighted by molar-refractivity contribution is 7.91. The predicted octanol–water partition coefficient (Wildman–Crippen LogP) is 2.02. The van der Waals surface area contributed by atoms with E-state index in [1.807, 2.05) is 19.9 Å². The first-order valence-corrected chi connectivity index (χ1v) is 7.86. The van der Waals surface area contributed by atoms with Crippen LogP contribution < -0.4 is 11.1 Å². The van der Waals surface area contributed by atoms with Crippen molar-refractivity contribution < 1.29 is 8.42 Å². The molecule has 102 valence electrons. The minimum Gasteiger partial charge on any atom is -0.381 e. The molecule has 1 aromatic carbocycles. The first-order chi connectivity index (χ1) is 8.36. The van der Waals surface area contributed by atoms with Crippen LogP contribution in [0.3, 0.4) is 0 Å². The van der Waals surface area contributed by atoms with Crippen LogP contribution in [0.1, 0.15) is 27.2 Å². The zero-order chi connectivity index (χ0) is 13.8. The Hall–Kier alpha value is -1.07. The van der Waals surface area contributed by atoms with Crippen LogP contribution in [0.15, 0.2) is 29.2 Å². The minimum atomic E-state index is -3.20. The molecule has 0 bridgehead atoms. The number of rotatable bonds is 6. The van der Waals surface area contributed by atoms with Gasteiger partial charge in [-0.3, -0.25) is 0 Å². The lowest BCUT2D eigenvalue weighted by atomic mass is 10.1. The monoisotopic (exact) mass is 270 g/mol. The topological polar surface area (TPSA) is 72.2 Å².